The smallest absolute Gasteiger partial charge is 0.330 e. The van der Waals surface area contributed by atoms with E-state index < -0.39 is 53.1 Å². The summed E-state index contributed by atoms with van der Waals surface area (Å²) in [6.07, 6.45) is 2.31. The second kappa shape index (κ2) is 10.7. The second-order valence-electron chi connectivity index (χ2n) is 9.85. The van der Waals surface area contributed by atoms with Crippen molar-refractivity contribution < 1.29 is 29.5 Å². The number of hydrogen-bond donors (Lipinski definition) is 4. The Labute approximate surface area is 230 Å². The molecule has 0 saturated carbocycles. The average Bonchev–Trinajstić information content (AvgIpc) is 3.25. The van der Waals surface area contributed by atoms with Crippen molar-refractivity contribution in [3.8, 4) is 0 Å². The minimum absolute atomic E-state index is 0.270. The summed E-state index contributed by atoms with van der Waals surface area (Å²) in [5, 5.41) is 33.4. The highest BCUT2D eigenvalue weighted by atomic mass is 16.7. The lowest BCUT2D eigenvalue weighted by Crippen LogP contribution is -2.64. The van der Waals surface area contributed by atoms with E-state index >= 15 is 0 Å². The van der Waals surface area contributed by atoms with Crippen molar-refractivity contribution in [2.75, 3.05) is 20.8 Å². The average molecular weight is 549 g/mol. The number of allylic oxidation sites excluding steroid dienone is 1. The predicted octanol–water partition coefficient (Wildman–Crippen LogP) is 1.16. The monoisotopic (exact) mass is 548 g/mol. The maximum atomic E-state index is 13.6. The zero-order valence-electron chi connectivity index (χ0n) is 22.1. The van der Waals surface area contributed by atoms with Gasteiger partial charge >= 0.3 is 5.69 Å². The minimum Gasteiger partial charge on any atom is -0.394 e. The van der Waals surface area contributed by atoms with E-state index in [0.717, 1.165) is 10.6 Å². The normalized spacial score (nSPS) is 26.0. The van der Waals surface area contributed by atoms with Crippen LogP contribution in [0, 0.1) is 0 Å². The largest absolute Gasteiger partial charge is 0.394 e. The summed E-state index contributed by atoms with van der Waals surface area (Å²) in [5.74, 6) is -1.05. The quantitative estimate of drug-likeness (QED) is 0.307. The number of hydrogen-bond acceptors (Lipinski definition) is 8. The number of aromatic nitrogens is 2. The summed E-state index contributed by atoms with van der Waals surface area (Å²) in [6, 6.07) is 19.4. The minimum atomic E-state index is -2.10. The Morgan fingerprint density at radius 1 is 1.00 bits per heavy atom. The third kappa shape index (κ3) is 4.03. The number of nitrogens with one attached hydrogen (secondary N) is 1. The van der Waals surface area contributed by atoms with E-state index in [2.05, 4.69) is 4.98 Å². The van der Waals surface area contributed by atoms with Crippen molar-refractivity contribution in [3.05, 3.63) is 129 Å². The molecule has 210 valence electrons. The Hall–Kier alpha value is -3.64. The molecule has 2 heterocycles. The molecule has 0 radical (unpaired) electrons. The summed E-state index contributed by atoms with van der Waals surface area (Å²) >= 11 is 0. The van der Waals surface area contributed by atoms with Crippen LogP contribution in [0.5, 0.6) is 0 Å². The van der Waals surface area contributed by atoms with E-state index in [1.165, 1.54) is 20.4 Å². The van der Waals surface area contributed by atoms with Gasteiger partial charge in [0.05, 0.1) is 12.0 Å². The summed E-state index contributed by atoms with van der Waals surface area (Å²) < 4.78 is 18.9. The molecule has 40 heavy (non-hydrogen) atoms. The molecule has 0 amide bonds. The number of ether oxygens (including phenoxy) is 3. The van der Waals surface area contributed by atoms with Crippen LogP contribution in [-0.2, 0) is 25.4 Å². The highest BCUT2D eigenvalue weighted by Crippen LogP contribution is 2.58. The van der Waals surface area contributed by atoms with Crippen molar-refractivity contribution in [1.82, 2.24) is 9.55 Å². The van der Waals surface area contributed by atoms with Gasteiger partial charge in [0, 0.05) is 32.9 Å². The molecule has 0 unspecified atom stereocenters. The Bertz CT molecular complexity index is 1470. The standard InChI is InChI=1S/C30H32N2O8/c1-38-28(39-2)16-13-22(14-17-28)29(20-9-5-3-6-10-20,21-11-7-4-8-12-21)30(26(36)25(35)23(19-33)40-30)32-18-15-24(34)31-27(32)37/h3-16,18,23,25-26,33,35-36H,17,19H2,1-2H3,(H,31,34,37)/t23-,25-,26-,30+/m1/s1. The molecule has 10 nitrogen and oxygen atoms in total. The van der Waals surface area contributed by atoms with Crippen LogP contribution in [0.25, 0.3) is 0 Å². The molecular formula is C30H32N2O8. The van der Waals surface area contributed by atoms with Crippen LogP contribution < -0.4 is 11.2 Å². The molecule has 3 aromatic rings. The van der Waals surface area contributed by atoms with Gasteiger partial charge in [-0.25, -0.2) is 4.79 Å². The number of aromatic amines is 1. The van der Waals surface area contributed by atoms with Gasteiger partial charge in [0.15, 0.2) is 11.5 Å². The van der Waals surface area contributed by atoms with E-state index in [9.17, 15) is 24.9 Å². The van der Waals surface area contributed by atoms with Crippen LogP contribution in [0.4, 0.5) is 0 Å². The summed E-state index contributed by atoms with van der Waals surface area (Å²) in [5.41, 5.74) is -3.30. The number of benzene rings is 2. The fourth-order valence-corrected chi connectivity index (χ4v) is 6.09. The lowest BCUT2D eigenvalue weighted by molar-refractivity contribution is -0.182. The molecule has 1 saturated heterocycles. The predicted molar refractivity (Wildman–Crippen MR) is 146 cm³/mol. The molecule has 4 atom stereocenters. The number of aliphatic hydroxyl groups is 3. The van der Waals surface area contributed by atoms with Gasteiger partial charge < -0.3 is 29.5 Å². The first-order valence-electron chi connectivity index (χ1n) is 12.9. The van der Waals surface area contributed by atoms with Gasteiger partial charge in [0.2, 0.25) is 0 Å². The first-order chi connectivity index (χ1) is 19.3. The van der Waals surface area contributed by atoms with Gasteiger partial charge in [-0.3, -0.25) is 14.3 Å². The van der Waals surface area contributed by atoms with Crippen LogP contribution in [0.3, 0.4) is 0 Å². The molecular weight excluding hydrogens is 516 g/mol. The maximum absolute atomic E-state index is 13.6. The van der Waals surface area contributed by atoms with E-state index in [0.29, 0.717) is 16.7 Å². The molecule has 1 aliphatic carbocycles. The number of H-pyrrole nitrogens is 1. The maximum Gasteiger partial charge on any atom is 0.330 e. The molecule has 5 rings (SSSR count). The molecule has 10 heteroatoms. The Morgan fingerprint density at radius 2 is 1.60 bits per heavy atom. The van der Waals surface area contributed by atoms with E-state index in [-0.39, 0.29) is 6.42 Å². The molecule has 0 bridgehead atoms. The Kier molecular flexibility index (Phi) is 7.49. The third-order valence-corrected chi connectivity index (χ3v) is 8.00. The first kappa shape index (κ1) is 27.9. The van der Waals surface area contributed by atoms with Crippen LogP contribution in [0.1, 0.15) is 17.5 Å². The molecule has 2 aliphatic rings. The number of methoxy groups -OCH3 is 2. The highest BCUT2D eigenvalue weighted by molar-refractivity contribution is 5.57. The van der Waals surface area contributed by atoms with E-state index in [1.807, 2.05) is 66.7 Å². The van der Waals surface area contributed by atoms with E-state index in [1.54, 1.807) is 12.2 Å². The molecule has 2 aromatic carbocycles. The van der Waals surface area contributed by atoms with Gasteiger partial charge in [-0.1, -0.05) is 72.8 Å². The third-order valence-electron chi connectivity index (χ3n) is 8.00. The fraction of sp³-hybridized carbons (Fsp3) is 0.333. The van der Waals surface area contributed by atoms with Crippen LogP contribution in [0.2, 0.25) is 0 Å². The SMILES string of the molecule is COC1(OC)C=CC(C(c2ccccc2)(c2ccccc2)[C@@]2(n3ccc(=O)[nH]c3=O)O[C@H](CO)[C@@H](O)[C@H]2O)=CC1. The van der Waals surface area contributed by atoms with Gasteiger partial charge in [0.1, 0.15) is 18.3 Å². The molecule has 0 spiro atoms. The first-order valence-corrected chi connectivity index (χ1v) is 12.9. The van der Waals surface area contributed by atoms with Crippen molar-refractivity contribution >= 4 is 0 Å². The summed E-state index contributed by atoms with van der Waals surface area (Å²) in [4.78, 5) is 28.0. The lowest BCUT2D eigenvalue weighted by atomic mass is 9.59. The number of rotatable bonds is 8. The highest BCUT2D eigenvalue weighted by Gasteiger charge is 2.69. The van der Waals surface area contributed by atoms with Crippen molar-refractivity contribution in [2.45, 2.75) is 41.7 Å². The number of nitrogens with zero attached hydrogens (tertiary/aromatic N) is 1. The Balaban J connectivity index is 1.97. The Morgan fingerprint density at radius 3 is 2.05 bits per heavy atom. The van der Waals surface area contributed by atoms with Crippen molar-refractivity contribution in [3.63, 3.8) is 0 Å². The van der Waals surface area contributed by atoms with Crippen LogP contribution in [0.15, 0.2) is 106 Å². The lowest BCUT2D eigenvalue weighted by Gasteiger charge is -2.52. The fourth-order valence-electron chi connectivity index (χ4n) is 6.09. The van der Waals surface area contributed by atoms with Crippen LogP contribution in [-0.4, -0.2) is 69.8 Å². The van der Waals surface area contributed by atoms with Crippen molar-refractivity contribution in [2.24, 2.45) is 0 Å². The number of aliphatic hydroxyl groups excluding tert-OH is 3. The van der Waals surface area contributed by atoms with E-state index in [4.69, 9.17) is 14.2 Å². The van der Waals surface area contributed by atoms with Gasteiger partial charge in [-0.2, -0.15) is 0 Å². The molecule has 1 fully saturated rings. The van der Waals surface area contributed by atoms with Crippen LogP contribution >= 0.6 is 0 Å². The van der Waals surface area contributed by atoms with Gasteiger partial charge in [-0.05, 0) is 22.8 Å². The van der Waals surface area contributed by atoms with Crippen molar-refractivity contribution in [1.29, 1.82) is 0 Å². The summed E-state index contributed by atoms with van der Waals surface area (Å²) in [7, 11) is 3.06. The second-order valence-corrected chi connectivity index (χ2v) is 9.85. The zero-order valence-corrected chi connectivity index (χ0v) is 22.1. The molecule has 1 aromatic heterocycles. The van der Waals surface area contributed by atoms with Gasteiger partial charge in [-0.15, -0.1) is 0 Å². The zero-order chi connectivity index (χ0) is 28.5. The molecule has 4 N–H and O–H groups in total. The topological polar surface area (TPSA) is 143 Å². The van der Waals surface area contributed by atoms with Gasteiger partial charge in [0.25, 0.3) is 5.56 Å². The molecule has 1 aliphatic heterocycles. The summed E-state index contributed by atoms with van der Waals surface area (Å²) in [6.45, 7) is -0.636.